The van der Waals surface area contributed by atoms with Gasteiger partial charge >= 0.3 is 6.09 Å². The van der Waals surface area contributed by atoms with Crippen LogP contribution in [0.25, 0.3) is 11.2 Å². The summed E-state index contributed by atoms with van der Waals surface area (Å²) in [5, 5.41) is 7.83. The minimum atomic E-state index is -0.512. The maximum atomic E-state index is 12.4. The molecule has 1 aliphatic heterocycles. The van der Waals surface area contributed by atoms with E-state index >= 15 is 0 Å². The summed E-state index contributed by atoms with van der Waals surface area (Å²) >= 11 is 0. The van der Waals surface area contributed by atoms with E-state index in [-0.39, 0.29) is 12.0 Å². The Balaban J connectivity index is 1.19. The summed E-state index contributed by atoms with van der Waals surface area (Å²) in [6.07, 6.45) is 8.75. The Labute approximate surface area is 219 Å². The summed E-state index contributed by atoms with van der Waals surface area (Å²) in [6.45, 7) is 8.82. The van der Waals surface area contributed by atoms with Gasteiger partial charge in [0.2, 0.25) is 0 Å². The van der Waals surface area contributed by atoms with Crippen molar-refractivity contribution in [1.82, 2.24) is 28.9 Å². The predicted molar refractivity (Wildman–Crippen MR) is 143 cm³/mol. The Hall–Kier alpha value is -4.60. The number of rotatable bonds is 5. The Morgan fingerprint density at radius 1 is 1.05 bits per heavy atom. The van der Waals surface area contributed by atoms with Crippen LogP contribution < -0.4 is 10.1 Å². The molecule has 0 saturated carbocycles. The maximum Gasteiger partial charge on any atom is 0.410 e. The van der Waals surface area contributed by atoms with Gasteiger partial charge in [-0.3, -0.25) is 0 Å². The van der Waals surface area contributed by atoms with E-state index in [0.29, 0.717) is 18.9 Å². The number of aromatic nitrogens is 5. The number of fused-ring (bicyclic) bond motifs is 2. The number of aryl methyl sites for hydroxylation is 1. The van der Waals surface area contributed by atoms with Crippen LogP contribution in [0.2, 0.25) is 0 Å². The van der Waals surface area contributed by atoms with Gasteiger partial charge in [0, 0.05) is 55.5 Å². The van der Waals surface area contributed by atoms with Crippen molar-refractivity contribution < 1.29 is 14.3 Å². The highest BCUT2D eigenvalue weighted by Crippen LogP contribution is 2.35. The van der Waals surface area contributed by atoms with Gasteiger partial charge in [0.1, 0.15) is 34.6 Å². The lowest BCUT2D eigenvalue weighted by Crippen LogP contribution is -2.50. The highest BCUT2D eigenvalue weighted by atomic mass is 16.6. The third kappa shape index (κ3) is 4.60. The molecule has 38 heavy (non-hydrogen) atoms. The molecule has 6 rings (SSSR count). The number of pyridine rings is 1. The molecule has 10 nitrogen and oxygen atoms in total. The summed E-state index contributed by atoms with van der Waals surface area (Å²) in [6, 6.07) is 11.8. The molecule has 0 atom stereocenters. The molecule has 4 aromatic heterocycles. The fraction of sp³-hybridized carbons (Fsp3) is 0.286. The molecule has 0 unspecified atom stereocenters. The molecule has 1 N–H and O–H groups in total. The van der Waals surface area contributed by atoms with Gasteiger partial charge < -0.3 is 24.1 Å². The van der Waals surface area contributed by atoms with Crippen molar-refractivity contribution in [3.8, 4) is 11.5 Å². The number of imidazole rings is 1. The first-order chi connectivity index (χ1) is 18.2. The first-order valence-corrected chi connectivity index (χ1v) is 12.5. The molecule has 5 heterocycles. The second kappa shape index (κ2) is 9.05. The van der Waals surface area contributed by atoms with Crippen LogP contribution in [-0.2, 0) is 4.74 Å². The van der Waals surface area contributed by atoms with Crippen molar-refractivity contribution in [2.75, 3.05) is 18.4 Å². The zero-order valence-corrected chi connectivity index (χ0v) is 21.8. The molecule has 1 fully saturated rings. The molecule has 0 aliphatic carbocycles. The number of hydrogen-bond acceptors (Lipinski definition) is 7. The number of nitrogens with one attached hydrogen (secondary N) is 1. The van der Waals surface area contributed by atoms with Gasteiger partial charge in [0.15, 0.2) is 5.82 Å². The molecule has 0 spiro atoms. The molecule has 10 heteroatoms. The average Bonchev–Trinajstić information content (AvgIpc) is 3.46. The van der Waals surface area contributed by atoms with E-state index in [1.807, 2.05) is 91.6 Å². The smallest absolute Gasteiger partial charge is 0.410 e. The van der Waals surface area contributed by atoms with Gasteiger partial charge in [-0.15, -0.1) is 0 Å². The summed E-state index contributed by atoms with van der Waals surface area (Å²) in [5.74, 6) is 2.38. The van der Waals surface area contributed by atoms with Gasteiger partial charge in [0.25, 0.3) is 0 Å². The van der Waals surface area contributed by atoms with E-state index < -0.39 is 5.60 Å². The zero-order valence-electron chi connectivity index (χ0n) is 21.8. The molecule has 0 bridgehead atoms. The minimum absolute atomic E-state index is 0.184. The molecule has 1 aromatic carbocycles. The Morgan fingerprint density at radius 2 is 1.89 bits per heavy atom. The van der Waals surface area contributed by atoms with Crippen molar-refractivity contribution in [3.63, 3.8) is 0 Å². The second-order valence-corrected chi connectivity index (χ2v) is 10.5. The van der Waals surface area contributed by atoms with Crippen molar-refractivity contribution in [2.24, 2.45) is 0 Å². The van der Waals surface area contributed by atoms with Gasteiger partial charge in [-0.1, -0.05) is 0 Å². The van der Waals surface area contributed by atoms with E-state index in [9.17, 15) is 4.79 Å². The molecule has 0 radical (unpaired) electrons. The molecular formula is C28H29N7O3. The highest BCUT2D eigenvalue weighted by Gasteiger charge is 2.36. The lowest BCUT2D eigenvalue weighted by Gasteiger charge is -2.39. The number of ether oxygens (including phenoxy) is 2. The normalized spacial score (nSPS) is 14.1. The van der Waals surface area contributed by atoms with E-state index in [2.05, 4.69) is 20.4 Å². The quantitative estimate of drug-likeness (QED) is 0.330. The number of nitrogens with zero attached hydrogens (tertiary/aromatic N) is 6. The fourth-order valence-corrected chi connectivity index (χ4v) is 4.61. The van der Waals surface area contributed by atoms with Gasteiger partial charge in [-0.25, -0.2) is 19.3 Å². The summed E-state index contributed by atoms with van der Waals surface area (Å²) in [7, 11) is 0. The van der Waals surface area contributed by atoms with Crippen molar-refractivity contribution >= 4 is 28.8 Å². The Morgan fingerprint density at radius 3 is 2.68 bits per heavy atom. The van der Waals surface area contributed by atoms with Crippen LogP contribution in [0.15, 0.2) is 67.5 Å². The number of benzene rings is 1. The first kappa shape index (κ1) is 23.8. The maximum absolute atomic E-state index is 12.4. The third-order valence-electron chi connectivity index (χ3n) is 6.49. The monoisotopic (exact) mass is 511 g/mol. The largest absolute Gasteiger partial charge is 0.457 e. The van der Waals surface area contributed by atoms with Gasteiger partial charge in [-0.05, 0) is 69.2 Å². The molecule has 1 amide bonds. The molecule has 1 saturated heterocycles. The van der Waals surface area contributed by atoms with Crippen LogP contribution in [0.1, 0.15) is 37.8 Å². The van der Waals surface area contributed by atoms with E-state index in [1.165, 1.54) is 6.33 Å². The summed E-state index contributed by atoms with van der Waals surface area (Å²) in [4.78, 5) is 23.0. The molecule has 194 valence electrons. The van der Waals surface area contributed by atoms with Crippen LogP contribution in [0, 0.1) is 6.92 Å². The number of carbonyl (C=O) groups excluding carboxylic acids is 1. The summed E-state index contributed by atoms with van der Waals surface area (Å²) < 4.78 is 15.4. The van der Waals surface area contributed by atoms with Crippen LogP contribution in [0.5, 0.6) is 11.5 Å². The van der Waals surface area contributed by atoms with Crippen molar-refractivity contribution in [3.05, 3.63) is 78.6 Å². The Kier molecular flexibility index (Phi) is 5.67. The lowest BCUT2D eigenvalue weighted by atomic mass is 9.92. The number of carbonyl (C=O) groups is 1. The van der Waals surface area contributed by atoms with Crippen LogP contribution in [0.3, 0.4) is 0 Å². The van der Waals surface area contributed by atoms with Crippen molar-refractivity contribution in [1.29, 1.82) is 0 Å². The standard InChI is InChI=1S/C28H29N7O3/c1-18-13-20(5-6-23(18)37-21-7-10-33-12-9-29-24(33)14-21)32-26-25-22(8-11-35(25)31-17-30-26)19-15-34(16-19)27(36)38-28(2,3)4/h5-14,17,19H,15-16H2,1-4H3,(H,30,31,32). The average molecular weight is 512 g/mol. The van der Waals surface area contributed by atoms with Gasteiger partial charge in [0.05, 0.1) is 0 Å². The molecular weight excluding hydrogens is 482 g/mol. The minimum Gasteiger partial charge on any atom is -0.457 e. The number of hydrogen-bond donors (Lipinski definition) is 1. The second-order valence-electron chi connectivity index (χ2n) is 10.5. The van der Waals surface area contributed by atoms with E-state index in [0.717, 1.165) is 39.5 Å². The number of anilines is 2. The zero-order chi connectivity index (χ0) is 26.4. The molecule has 1 aliphatic rings. The first-order valence-electron chi connectivity index (χ1n) is 12.5. The van der Waals surface area contributed by atoms with Crippen molar-refractivity contribution in [2.45, 2.75) is 39.2 Å². The highest BCUT2D eigenvalue weighted by molar-refractivity contribution is 5.78. The van der Waals surface area contributed by atoms with E-state index in [4.69, 9.17) is 9.47 Å². The van der Waals surface area contributed by atoms with E-state index in [1.54, 1.807) is 11.1 Å². The fourth-order valence-electron chi connectivity index (χ4n) is 4.61. The number of likely N-dealkylation sites (tertiary alicyclic amines) is 1. The number of amides is 1. The summed E-state index contributed by atoms with van der Waals surface area (Å²) in [5.41, 5.74) is 4.17. The predicted octanol–water partition coefficient (Wildman–Crippen LogP) is 5.56. The van der Waals surface area contributed by atoms with Crippen LogP contribution in [-0.4, -0.2) is 53.7 Å². The topological polar surface area (TPSA) is 98.3 Å². The Bertz CT molecular complexity index is 1640. The molecule has 5 aromatic rings. The van der Waals surface area contributed by atoms with Gasteiger partial charge in [-0.2, -0.15) is 5.10 Å². The SMILES string of the molecule is Cc1cc(Nc2ncnn3ccc(C4CN(C(=O)OC(C)(C)C)C4)c23)ccc1Oc1ccn2ccnc2c1. The lowest BCUT2D eigenvalue weighted by molar-refractivity contribution is 0.00830. The van der Waals surface area contributed by atoms with Crippen LogP contribution >= 0.6 is 0 Å². The van der Waals surface area contributed by atoms with Crippen LogP contribution in [0.4, 0.5) is 16.3 Å². The third-order valence-corrected chi connectivity index (χ3v) is 6.49.